The highest BCUT2D eigenvalue weighted by Gasteiger charge is 2.17. The summed E-state index contributed by atoms with van der Waals surface area (Å²) in [6.45, 7) is 1.71. The average Bonchev–Trinajstić information content (AvgIpc) is 2.62. The molecule has 0 atom stereocenters. The molecule has 0 aliphatic carbocycles. The van der Waals surface area contributed by atoms with E-state index in [2.05, 4.69) is 0 Å². The molecule has 24 heavy (non-hydrogen) atoms. The van der Waals surface area contributed by atoms with Gasteiger partial charge in [0.15, 0.2) is 0 Å². The molecule has 1 N–H and O–H groups in total. The summed E-state index contributed by atoms with van der Waals surface area (Å²) >= 11 is 0. The molecule has 2 aromatic carbocycles. The first-order valence-corrected chi connectivity index (χ1v) is 8.34. The van der Waals surface area contributed by atoms with E-state index in [1.54, 1.807) is 0 Å². The number of amides is 1. The van der Waals surface area contributed by atoms with Crippen LogP contribution in [0.15, 0.2) is 48.5 Å². The number of piperidine rings is 1. The number of rotatable bonds is 4. The Kier molecular flexibility index (Phi) is 4.94. The molecule has 4 heteroatoms. The van der Waals surface area contributed by atoms with Crippen molar-refractivity contribution >= 4 is 11.9 Å². The van der Waals surface area contributed by atoms with E-state index in [-0.39, 0.29) is 12.3 Å². The van der Waals surface area contributed by atoms with E-state index < -0.39 is 5.97 Å². The molecule has 1 aliphatic rings. The van der Waals surface area contributed by atoms with Gasteiger partial charge in [0, 0.05) is 18.7 Å². The Bertz CT molecular complexity index is 714. The highest BCUT2D eigenvalue weighted by atomic mass is 16.4. The monoisotopic (exact) mass is 323 g/mol. The van der Waals surface area contributed by atoms with E-state index in [0.29, 0.717) is 0 Å². The lowest BCUT2D eigenvalue weighted by Crippen LogP contribution is -2.35. The minimum absolute atomic E-state index is 0.0313. The third-order valence-corrected chi connectivity index (χ3v) is 4.42. The lowest BCUT2D eigenvalue weighted by Gasteiger charge is -2.26. The minimum Gasteiger partial charge on any atom is -0.481 e. The van der Waals surface area contributed by atoms with Crippen LogP contribution in [0.5, 0.6) is 0 Å². The summed E-state index contributed by atoms with van der Waals surface area (Å²) in [5, 5.41) is 8.81. The first kappa shape index (κ1) is 16.2. The second-order valence-corrected chi connectivity index (χ2v) is 6.20. The largest absolute Gasteiger partial charge is 0.481 e. The van der Waals surface area contributed by atoms with Crippen molar-refractivity contribution in [2.45, 2.75) is 25.7 Å². The van der Waals surface area contributed by atoms with Gasteiger partial charge in [0.05, 0.1) is 6.42 Å². The van der Waals surface area contributed by atoms with Crippen LogP contribution in [0.2, 0.25) is 0 Å². The summed E-state index contributed by atoms with van der Waals surface area (Å²) in [6.07, 6.45) is 3.42. The fourth-order valence-corrected chi connectivity index (χ4v) is 3.07. The van der Waals surface area contributed by atoms with Gasteiger partial charge in [-0.15, -0.1) is 0 Å². The van der Waals surface area contributed by atoms with Crippen LogP contribution < -0.4 is 0 Å². The van der Waals surface area contributed by atoms with Crippen LogP contribution in [0.3, 0.4) is 0 Å². The summed E-state index contributed by atoms with van der Waals surface area (Å²) < 4.78 is 0. The number of hydrogen-bond acceptors (Lipinski definition) is 2. The Hall–Kier alpha value is -2.62. The maximum atomic E-state index is 12.5. The van der Waals surface area contributed by atoms with Crippen molar-refractivity contribution in [3.63, 3.8) is 0 Å². The Balaban J connectivity index is 1.71. The Morgan fingerprint density at radius 1 is 0.833 bits per heavy atom. The molecule has 124 valence electrons. The molecule has 2 aromatic rings. The molecule has 0 saturated carbocycles. The van der Waals surface area contributed by atoms with Crippen molar-refractivity contribution in [3.8, 4) is 11.1 Å². The van der Waals surface area contributed by atoms with E-state index in [4.69, 9.17) is 5.11 Å². The molecule has 0 spiro atoms. The summed E-state index contributed by atoms with van der Waals surface area (Å²) in [4.78, 5) is 25.1. The number of likely N-dealkylation sites (tertiary alicyclic amines) is 1. The molecule has 0 bridgehead atoms. The summed E-state index contributed by atoms with van der Waals surface area (Å²) in [5.74, 6) is -0.721. The Morgan fingerprint density at radius 3 is 1.92 bits per heavy atom. The molecule has 1 amide bonds. The molecular weight excluding hydrogens is 302 g/mol. The van der Waals surface area contributed by atoms with Gasteiger partial charge in [0.1, 0.15) is 0 Å². The highest BCUT2D eigenvalue weighted by molar-refractivity contribution is 5.94. The van der Waals surface area contributed by atoms with Crippen molar-refractivity contribution < 1.29 is 14.7 Å². The van der Waals surface area contributed by atoms with Crippen molar-refractivity contribution in [1.82, 2.24) is 4.90 Å². The van der Waals surface area contributed by atoms with Crippen LogP contribution in [-0.2, 0) is 11.2 Å². The van der Waals surface area contributed by atoms with Crippen LogP contribution in [0.4, 0.5) is 0 Å². The SMILES string of the molecule is O=C(O)Cc1ccc(-c2ccc(C(=O)N3CCCCC3)cc2)cc1. The number of carboxylic acids is 1. The standard InChI is InChI=1S/C20H21NO3/c22-19(23)14-15-4-6-16(7-5-15)17-8-10-18(11-9-17)20(24)21-12-2-1-3-13-21/h4-11H,1-3,12-14H2,(H,22,23). The number of hydrogen-bond donors (Lipinski definition) is 1. The Morgan fingerprint density at radius 2 is 1.38 bits per heavy atom. The van der Waals surface area contributed by atoms with Gasteiger partial charge < -0.3 is 10.0 Å². The van der Waals surface area contributed by atoms with Crippen LogP contribution in [0.1, 0.15) is 35.2 Å². The molecular formula is C20H21NO3. The van der Waals surface area contributed by atoms with E-state index in [1.165, 1.54) is 6.42 Å². The van der Waals surface area contributed by atoms with Gasteiger partial charge in [0.25, 0.3) is 5.91 Å². The quantitative estimate of drug-likeness (QED) is 0.935. The minimum atomic E-state index is -0.830. The molecule has 0 aromatic heterocycles. The molecule has 0 unspecified atom stereocenters. The fraction of sp³-hybridized carbons (Fsp3) is 0.300. The maximum absolute atomic E-state index is 12.5. The lowest BCUT2D eigenvalue weighted by atomic mass is 10.0. The van der Waals surface area contributed by atoms with E-state index in [1.807, 2.05) is 53.4 Å². The number of carbonyl (C=O) groups excluding carboxylic acids is 1. The smallest absolute Gasteiger partial charge is 0.307 e. The molecule has 3 rings (SSSR count). The van der Waals surface area contributed by atoms with E-state index in [9.17, 15) is 9.59 Å². The first-order chi connectivity index (χ1) is 11.6. The third kappa shape index (κ3) is 3.82. The normalized spacial score (nSPS) is 14.4. The fourth-order valence-electron chi connectivity index (χ4n) is 3.07. The highest BCUT2D eigenvalue weighted by Crippen LogP contribution is 2.22. The zero-order valence-corrected chi connectivity index (χ0v) is 13.6. The van der Waals surface area contributed by atoms with Crippen LogP contribution in [-0.4, -0.2) is 35.0 Å². The zero-order chi connectivity index (χ0) is 16.9. The number of aliphatic carboxylic acids is 1. The molecule has 1 heterocycles. The molecule has 1 saturated heterocycles. The molecule has 1 aliphatic heterocycles. The van der Waals surface area contributed by atoms with E-state index >= 15 is 0 Å². The second-order valence-electron chi connectivity index (χ2n) is 6.20. The van der Waals surface area contributed by atoms with Gasteiger partial charge in [0.2, 0.25) is 0 Å². The average molecular weight is 323 g/mol. The van der Waals surface area contributed by atoms with Gasteiger partial charge in [-0.25, -0.2) is 0 Å². The zero-order valence-electron chi connectivity index (χ0n) is 13.6. The van der Waals surface area contributed by atoms with Crippen molar-refractivity contribution in [3.05, 3.63) is 59.7 Å². The number of nitrogens with zero attached hydrogens (tertiary/aromatic N) is 1. The maximum Gasteiger partial charge on any atom is 0.307 e. The van der Waals surface area contributed by atoms with Crippen LogP contribution in [0, 0.1) is 0 Å². The van der Waals surface area contributed by atoms with Crippen LogP contribution >= 0.6 is 0 Å². The van der Waals surface area contributed by atoms with E-state index in [0.717, 1.165) is 48.2 Å². The van der Waals surface area contributed by atoms with Crippen molar-refractivity contribution in [2.24, 2.45) is 0 Å². The first-order valence-electron chi connectivity index (χ1n) is 8.34. The summed E-state index contributed by atoms with van der Waals surface area (Å²) in [6, 6.07) is 15.1. The lowest BCUT2D eigenvalue weighted by molar-refractivity contribution is -0.136. The summed E-state index contributed by atoms with van der Waals surface area (Å²) in [7, 11) is 0. The van der Waals surface area contributed by atoms with Gasteiger partial charge in [-0.3, -0.25) is 9.59 Å². The predicted molar refractivity (Wildman–Crippen MR) is 93.0 cm³/mol. The second kappa shape index (κ2) is 7.30. The summed E-state index contributed by atoms with van der Waals surface area (Å²) in [5.41, 5.74) is 3.54. The van der Waals surface area contributed by atoms with Gasteiger partial charge >= 0.3 is 5.97 Å². The Labute approximate surface area is 141 Å². The van der Waals surface area contributed by atoms with Crippen molar-refractivity contribution in [2.75, 3.05) is 13.1 Å². The predicted octanol–water partition coefficient (Wildman–Crippen LogP) is 3.61. The molecule has 1 fully saturated rings. The van der Waals surface area contributed by atoms with Gasteiger partial charge in [-0.05, 0) is 48.1 Å². The third-order valence-electron chi connectivity index (χ3n) is 4.42. The number of benzene rings is 2. The van der Waals surface area contributed by atoms with Crippen molar-refractivity contribution in [1.29, 1.82) is 0 Å². The topological polar surface area (TPSA) is 57.6 Å². The number of carboxylic acid groups (broad SMARTS) is 1. The van der Waals surface area contributed by atoms with Gasteiger partial charge in [-0.2, -0.15) is 0 Å². The van der Waals surface area contributed by atoms with Crippen LogP contribution in [0.25, 0.3) is 11.1 Å². The molecule has 0 radical (unpaired) electrons. The molecule has 4 nitrogen and oxygen atoms in total. The van der Waals surface area contributed by atoms with Gasteiger partial charge in [-0.1, -0.05) is 36.4 Å². The number of carbonyl (C=O) groups is 2.